The molecule has 2 aromatic rings. The van der Waals surface area contributed by atoms with Gasteiger partial charge < -0.3 is 4.90 Å². The Morgan fingerprint density at radius 2 is 1.97 bits per heavy atom. The minimum absolute atomic E-state index is 0.00694. The van der Waals surface area contributed by atoms with Crippen LogP contribution in [0.3, 0.4) is 0 Å². The number of carbonyl (C=O) groups excluding carboxylic acids is 2. The van der Waals surface area contributed by atoms with Crippen molar-refractivity contribution in [1.82, 2.24) is 14.9 Å². The average Bonchev–Trinajstić information content (AvgIpc) is 3.30. The molecule has 0 unspecified atom stereocenters. The Hall–Kier alpha value is -2.75. The van der Waals surface area contributed by atoms with Crippen LogP contribution in [0.4, 0.5) is 23.5 Å². The van der Waals surface area contributed by atoms with Gasteiger partial charge in [0.15, 0.2) is 0 Å². The van der Waals surface area contributed by atoms with Crippen LogP contribution in [0.15, 0.2) is 30.6 Å². The second-order valence-electron chi connectivity index (χ2n) is 7.02. The van der Waals surface area contributed by atoms with Crippen molar-refractivity contribution in [2.45, 2.75) is 24.2 Å². The first kappa shape index (κ1) is 19.6. The molecule has 1 aromatic carbocycles. The van der Waals surface area contributed by atoms with E-state index in [0.29, 0.717) is 0 Å². The van der Waals surface area contributed by atoms with Crippen molar-refractivity contribution in [2.24, 2.45) is 0 Å². The standard InChI is InChI=1S/C18H13ClF4N4O2/c19-10-5-24-16(25-6-10)26-14(28)7-27-8-17(4-13(17)20)12-3-9(18(21,22)23)1-2-11(12)15(27)29/h1-3,5-6,13H,4,7-8H2,(H,24,25,26,28)/t13-,17-/m1/s1. The van der Waals surface area contributed by atoms with Crippen molar-refractivity contribution < 1.29 is 27.2 Å². The fourth-order valence-corrected chi connectivity index (χ4v) is 3.63. The van der Waals surface area contributed by atoms with Crippen LogP contribution < -0.4 is 5.32 Å². The Morgan fingerprint density at radius 1 is 1.31 bits per heavy atom. The highest BCUT2D eigenvalue weighted by Gasteiger charge is 2.61. The quantitative estimate of drug-likeness (QED) is 0.762. The van der Waals surface area contributed by atoms with Crippen LogP contribution in [0.25, 0.3) is 0 Å². The van der Waals surface area contributed by atoms with Crippen molar-refractivity contribution in [2.75, 3.05) is 18.4 Å². The molecule has 152 valence electrons. The minimum atomic E-state index is -4.60. The smallest absolute Gasteiger partial charge is 0.328 e. The number of aromatic nitrogens is 2. The molecule has 29 heavy (non-hydrogen) atoms. The number of nitrogens with one attached hydrogen (secondary N) is 1. The highest BCUT2D eigenvalue weighted by atomic mass is 35.5. The van der Waals surface area contributed by atoms with E-state index in [1.807, 2.05) is 0 Å². The highest BCUT2D eigenvalue weighted by Crippen LogP contribution is 2.55. The maximum absolute atomic E-state index is 14.2. The molecule has 1 aromatic heterocycles. The van der Waals surface area contributed by atoms with Gasteiger partial charge in [0.2, 0.25) is 11.9 Å². The number of hydrogen-bond donors (Lipinski definition) is 1. The molecule has 0 saturated heterocycles. The lowest BCUT2D eigenvalue weighted by molar-refractivity contribution is -0.137. The Balaban J connectivity index is 1.58. The minimum Gasteiger partial charge on any atom is -0.328 e. The van der Waals surface area contributed by atoms with E-state index in [-0.39, 0.29) is 35.1 Å². The molecule has 1 spiro atoms. The van der Waals surface area contributed by atoms with E-state index in [9.17, 15) is 27.2 Å². The summed E-state index contributed by atoms with van der Waals surface area (Å²) in [6, 6.07) is 2.66. The molecular formula is C18H13ClF4N4O2. The van der Waals surface area contributed by atoms with E-state index in [1.54, 1.807) is 0 Å². The molecule has 1 fully saturated rings. The first-order valence-electron chi connectivity index (χ1n) is 8.53. The molecule has 2 amide bonds. The molecule has 0 radical (unpaired) electrons. The van der Waals surface area contributed by atoms with Crippen LogP contribution >= 0.6 is 11.6 Å². The van der Waals surface area contributed by atoms with Gasteiger partial charge in [0.25, 0.3) is 5.91 Å². The zero-order valence-corrected chi connectivity index (χ0v) is 15.4. The Labute approximate surface area is 166 Å². The lowest BCUT2D eigenvalue weighted by atomic mass is 9.85. The number of hydrogen-bond acceptors (Lipinski definition) is 4. The van der Waals surface area contributed by atoms with Crippen molar-refractivity contribution in [3.63, 3.8) is 0 Å². The van der Waals surface area contributed by atoms with Crippen LogP contribution in [-0.4, -0.2) is 45.9 Å². The van der Waals surface area contributed by atoms with Gasteiger partial charge in [-0.3, -0.25) is 14.9 Å². The summed E-state index contributed by atoms with van der Waals surface area (Å²) in [5, 5.41) is 2.66. The molecular weight excluding hydrogens is 416 g/mol. The topological polar surface area (TPSA) is 75.2 Å². The third-order valence-electron chi connectivity index (χ3n) is 5.06. The second kappa shape index (κ2) is 6.65. The number of nitrogens with zero attached hydrogens (tertiary/aromatic N) is 3. The maximum Gasteiger partial charge on any atom is 0.416 e. The summed E-state index contributed by atoms with van der Waals surface area (Å²) in [6.07, 6.45) is -3.44. The summed E-state index contributed by atoms with van der Waals surface area (Å²) in [5.41, 5.74) is -2.14. The number of amides is 2. The van der Waals surface area contributed by atoms with E-state index >= 15 is 0 Å². The third kappa shape index (κ3) is 3.52. The summed E-state index contributed by atoms with van der Waals surface area (Å²) in [5.74, 6) is -1.28. The van der Waals surface area contributed by atoms with Gasteiger partial charge in [-0.25, -0.2) is 14.4 Å². The lowest BCUT2D eigenvalue weighted by Crippen LogP contribution is -2.47. The van der Waals surface area contributed by atoms with E-state index < -0.39 is 41.7 Å². The van der Waals surface area contributed by atoms with Gasteiger partial charge in [0.1, 0.15) is 12.7 Å². The van der Waals surface area contributed by atoms with Gasteiger partial charge in [0, 0.05) is 17.5 Å². The van der Waals surface area contributed by atoms with Crippen LogP contribution in [0.1, 0.15) is 27.9 Å². The summed E-state index contributed by atoms with van der Waals surface area (Å²) in [6.45, 7) is -0.601. The summed E-state index contributed by atoms with van der Waals surface area (Å²) in [4.78, 5) is 33.7. The van der Waals surface area contributed by atoms with Crippen molar-refractivity contribution in [3.05, 3.63) is 52.3 Å². The number of rotatable bonds is 3. The molecule has 1 aliphatic carbocycles. The highest BCUT2D eigenvalue weighted by molar-refractivity contribution is 6.30. The van der Waals surface area contributed by atoms with Gasteiger partial charge >= 0.3 is 6.18 Å². The van der Waals surface area contributed by atoms with Crippen molar-refractivity contribution in [3.8, 4) is 0 Å². The zero-order valence-electron chi connectivity index (χ0n) is 14.6. The number of fused-ring (bicyclic) bond motifs is 2. The van der Waals surface area contributed by atoms with Gasteiger partial charge in [-0.15, -0.1) is 0 Å². The molecule has 11 heteroatoms. The fourth-order valence-electron chi connectivity index (χ4n) is 3.53. The second-order valence-corrected chi connectivity index (χ2v) is 7.46. The normalized spacial score (nSPS) is 23.1. The Morgan fingerprint density at radius 3 is 2.55 bits per heavy atom. The van der Waals surface area contributed by atoms with E-state index in [1.165, 1.54) is 12.4 Å². The summed E-state index contributed by atoms with van der Waals surface area (Å²) >= 11 is 5.67. The first-order valence-corrected chi connectivity index (χ1v) is 8.90. The number of carbonyl (C=O) groups is 2. The predicted octanol–water partition coefficient (Wildman–Crippen LogP) is 3.22. The molecule has 0 bridgehead atoms. The monoisotopic (exact) mass is 428 g/mol. The van der Waals surface area contributed by atoms with E-state index in [4.69, 9.17) is 11.6 Å². The van der Waals surface area contributed by atoms with Gasteiger partial charge in [-0.1, -0.05) is 11.6 Å². The molecule has 1 aliphatic heterocycles. The molecule has 1 N–H and O–H groups in total. The lowest BCUT2D eigenvalue weighted by Gasteiger charge is -2.34. The van der Waals surface area contributed by atoms with Crippen molar-refractivity contribution >= 4 is 29.4 Å². The third-order valence-corrected chi connectivity index (χ3v) is 5.26. The van der Waals surface area contributed by atoms with Gasteiger partial charge in [0.05, 0.1) is 23.0 Å². The van der Waals surface area contributed by atoms with Crippen LogP contribution in [-0.2, 0) is 16.4 Å². The molecule has 2 atom stereocenters. The average molecular weight is 429 g/mol. The number of anilines is 1. The largest absolute Gasteiger partial charge is 0.416 e. The number of alkyl halides is 4. The number of halogens is 5. The van der Waals surface area contributed by atoms with Gasteiger partial charge in [-0.2, -0.15) is 13.2 Å². The van der Waals surface area contributed by atoms with E-state index in [2.05, 4.69) is 15.3 Å². The van der Waals surface area contributed by atoms with Crippen LogP contribution in [0.5, 0.6) is 0 Å². The molecule has 6 nitrogen and oxygen atoms in total. The summed E-state index contributed by atoms with van der Waals surface area (Å²) < 4.78 is 53.4. The Bertz CT molecular complexity index is 998. The molecule has 2 heterocycles. The molecule has 2 aliphatic rings. The SMILES string of the molecule is O=C(CN1C[C@]2(C[C@H]2F)c2cc(C(F)(F)F)ccc2C1=O)Nc1ncc(Cl)cn1. The first-order chi connectivity index (χ1) is 13.6. The van der Waals surface area contributed by atoms with Crippen LogP contribution in [0, 0.1) is 0 Å². The van der Waals surface area contributed by atoms with Crippen LogP contribution in [0.2, 0.25) is 5.02 Å². The predicted molar refractivity (Wildman–Crippen MR) is 94.2 cm³/mol. The van der Waals surface area contributed by atoms with E-state index in [0.717, 1.165) is 23.1 Å². The Kier molecular flexibility index (Phi) is 4.49. The molecule has 1 saturated carbocycles. The number of benzene rings is 1. The fraction of sp³-hybridized carbons (Fsp3) is 0.333. The zero-order chi connectivity index (χ0) is 21.0. The molecule has 4 rings (SSSR count). The van der Waals surface area contributed by atoms with Crippen molar-refractivity contribution in [1.29, 1.82) is 0 Å². The summed E-state index contributed by atoms with van der Waals surface area (Å²) in [7, 11) is 0. The van der Waals surface area contributed by atoms with Gasteiger partial charge in [-0.05, 0) is 30.2 Å². The maximum atomic E-state index is 14.2.